The molecule has 1 aromatic carbocycles. The van der Waals surface area contributed by atoms with Crippen LogP contribution in [0.15, 0.2) is 48.6 Å². The Morgan fingerprint density at radius 3 is 2.85 bits per heavy atom. The summed E-state index contributed by atoms with van der Waals surface area (Å²) < 4.78 is 0. The fourth-order valence-corrected chi connectivity index (χ4v) is 2.22. The maximum absolute atomic E-state index is 12.3. The molecule has 2 rings (SSSR count). The Kier molecular flexibility index (Phi) is 4.01. The number of alkyl halides is 1. The summed E-state index contributed by atoms with van der Waals surface area (Å²) in [6.07, 6.45) is 6.60. The summed E-state index contributed by atoms with van der Waals surface area (Å²) in [5, 5.41) is 10.7. The summed E-state index contributed by atoms with van der Waals surface area (Å²) >= 11 is 6.28. The fraction of sp³-hybridized carbons (Fsp3) is 0.214. The largest absolute Gasteiger partial charge is 0.322 e. The van der Waals surface area contributed by atoms with Crippen molar-refractivity contribution < 1.29 is 9.72 Å². The molecule has 2 atom stereocenters. The Morgan fingerprint density at radius 1 is 1.45 bits per heavy atom. The van der Waals surface area contributed by atoms with E-state index in [1.807, 2.05) is 0 Å². The number of hydrogen-bond donors (Lipinski definition) is 1. The highest BCUT2D eigenvalue weighted by molar-refractivity contribution is 6.38. The molecule has 5 nitrogen and oxygen atoms in total. The fourth-order valence-electron chi connectivity index (χ4n) is 2.01. The number of nitro groups is 1. The van der Waals surface area contributed by atoms with E-state index in [0.717, 1.165) is 0 Å². The molecule has 20 heavy (non-hydrogen) atoms. The second kappa shape index (κ2) is 5.56. The van der Waals surface area contributed by atoms with E-state index in [2.05, 4.69) is 0 Å². The van der Waals surface area contributed by atoms with Gasteiger partial charge in [-0.2, -0.15) is 0 Å². The third-order valence-electron chi connectivity index (χ3n) is 3.17. The Labute approximate surface area is 120 Å². The van der Waals surface area contributed by atoms with E-state index in [0.29, 0.717) is 5.56 Å². The topological polar surface area (TPSA) is 86.2 Å². The van der Waals surface area contributed by atoms with E-state index in [9.17, 15) is 14.9 Å². The van der Waals surface area contributed by atoms with Crippen molar-refractivity contribution in [3.63, 3.8) is 0 Å². The van der Waals surface area contributed by atoms with Crippen molar-refractivity contribution >= 4 is 23.1 Å². The van der Waals surface area contributed by atoms with Gasteiger partial charge in [-0.3, -0.25) is 14.9 Å². The highest BCUT2D eigenvalue weighted by Crippen LogP contribution is 2.28. The van der Waals surface area contributed by atoms with Gasteiger partial charge in [0, 0.05) is 18.6 Å². The first-order valence-electron chi connectivity index (χ1n) is 6.00. The summed E-state index contributed by atoms with van der Waals surface area (Å²) in [4.78, 5) is 21.2. The van der Waals surface area contributed by atoms with Crippen molar-refractivity contribution in [2.45, 2.75) is 17.3 Å². The molecule has 0 aromatic heterocycles. The third-order valence-corrected chi connectivity index (χ3v) is 3.76. The van der Waals surface area contributed by atoms with E-state index < -0.39 is 15.8 Å². The van der Waals surface area contributed by atoms with Crippen LogP contribution < -0.4 is 5.73 Å². The molecule has 0 bridgehead atoms. The van der Waals surface area contributed by atoms with Crippen LogP contribution in [0.25, 0.3) is 0 Å². The number of benzene rings is 1. The molecule has 2 N–H and O–H groups in total. The van der Waals surface area contributed by atoms with Gasteiger partial charge >= 0.3 is 0 Å². The Bertz CT molecular complexity index is 612. The number of nitrogens with two attached hydrogens (primary N) is 1. The summed E-state index contributed by atoms with van der Waals surface area (Å²) in [6, 6.07) is 5.32. The van der Waals surface area contributed by atoms with Gasteiger partial charge in [0.1, 0.15) is 4.87 Å². The van der Waals surface area contributed by atoms with Crippen molar-refractivity contribution in [3.05, 3.63) is 64.2 Å². The van der Waals surface area contributed by atoms with Gasteiger partial charge in [-0.1, -0.05) is 36.4 Å². The molecular weight excluding hydrogens is 280 g/mol. The number of nitrogens with zero attached hydrogens (tertiary/aromatic N) is 1. The molecule has 1 aromatic rings. The zero-order valence-electron chi connectivity index (χ0n) is 10.5. The second-order valence-electron chi connectivity index (χ2n) is 4.56. The zero-order valence-corrected chi connectivity index (χ0v) is 11.3. The lowest BCUT2D eigenvalue weighted by molar-refractivity contribution is -0.384. The molecule has 0 aliphatic heterocycles. The predicted molar refractivity (Wildman–Crippen MR) is 76.6 cm³/mol. The molecular formula is C14H13ClN2O3. The standard InChI is InChI=1S/C14H13ClN2O3/c15-14(7-2-1-6-12(14)16)13(18)9-10-4-3-5-11(8-10)17(19)20/h1-8,12H,9,16H2. The molecule has 1 aliphatic rings. The van der Waals surface area contributed by atoms with Crippen molar-refractivity contribution in [3.8, 4) is 0 Å². The molecule has 0 radical (unpaired) electrons. The molecule has 0 saturated heterocycles. The summed E-state index contributed by atoms with van der Waals surface area (Å²) in [5.74, 6) is -0.284. The van der Waals surface area contributed by atoms with Crippen LogP contribution >= 0.6 is 11.6 Å². The second-order valence-corrected chi connectivity index (χ2v) is 5.19. The number of allylic oxidation sites excluding steroid dienone is 2. The van der Waals surface area contributed by atoms with Crippen molar-refractivity contribution in [2.75, 3.05) is 0 Å². The van der Waals surface area contributed by atoms with E-state index >= 15 is 0 Å². The summed E-state index contributed by atoms with van der Waals surface area (Å²) in [5.41, 5.74) is 6.33. The number of Topliss-reactive ketones (excluding diaryl/α,β-unsaturated/α-hetero) is 1. The number of ketones is 1. The van der Waals surface area contributed by atoms with Crippen molar-refractivity contribution in [1.82, 2.24) is 0 Å². The van der Waals surface area contributed by atoms with Crippen LogP contribution in [-0.2, 0) is 11.2 Å². The van der Waals surface area contributed by atoms with E-state index in [4.69, 9.17) is 17.3 Å². The lowest BCUT2D eigenvalue weighted by Crippen LogP contribution is -2.48. The Balaban J connectivity index is 2.20. The average molecular weight is 293 g/mol. The Morgan fingerprint density at radius 2 is 2.20 bits per heavy atom. The minimum Gasteiger partial charge on any atom is -0.322 e. The Hall–Kier alpha value is -1.98. The minimum atomic E-state index is -1.29. The van der Waals surface area contributed by atoms with Crippen LogP contribution in [0, 0.1) is 10.1 Å². The minimum absolute atomic E-state index is 0.00292. The van der Waals surface area contributed by atoms with E-state index in [-0.39, 0.29) is 17.9 Å². The van der Waals surface area contributed by atoms with Crippen molar-refractivity contribution in [1.29, 1.82) is 0 Å². The SMILES string of the molecule is NC1C=CC=CC1(Cl)C(=O)Cc1cccc([N+](=O)[O-])c1. The monoisotopic (exact) mass is 292 g/mol. The zero-order chi connectivity index (χ0) is 14.8. The highest BCUT2D eigenvalue weighted by Gasteiger charge is 2.39. The molecule has 0 amide bonds. The number of nitro benzene ring substituents is 1. The van der Waals surface area contributed by atoms with Crippen molar-refractivity contribution in [2.24, 2.45) is 5.73 Å². The van der Waals surface area contributed by atoms with Gasteiger partial charge in [-0.05, 0) is 5.56 Å². The van der Waals surface area contributed by atoms with Gasteiger partial charge < -0.3 is 5.73 Å². The van der Waals surface area contributed by atoms with Crippen LogP contribution in [0.2, 0.25) is 0 Å². The lowest BCUT2D eigenvalue weighted by atomic mass is 9.87. The molecule has 0 heterocycles. The number of carbonyl (C=O) groups excluding carboxylic acids is 1. The number of carbonyl (C=O) groups is 1. The third kappa shape index (κ3) is 2.79. The van der Waals surface area contributed by atoms with Gasteiger partial charge in [0.05, 0.1) is 11.0 Å². The van der Waals surface area contributed by atoms with Crippen LogP contribution in [0.5, 0.6) is 0 Å². The number of non-ortho nitro benzene ring substituents is 1. The molecule has 1 aliphatic carbocycles. The first kappa shape index (κ1) is 14.4. The van der Waals surface area contributed by atoms with Gasteiger partial charge in [-0.15, -0.1) is 11.6 Å². The molecule has 2 unspecified atom stereocenters. The number of halogens is 1. The normalized spacial score (nSPS) is 24.6. The van der Waals surface area contributed by atoms with Gasteiger partial charge in [0.25, 0.3) is 5.69 Å². The van der Waals surface area contributed by atoms with Crippen LogP contribution in [0.4, 0.5) is 5.69 Å². The first-order valence-corrected chi connectivity index (χ1v) is 6.38. The van der Waals surface area contributed by atoms with E-state index in [1.54, 1.807) is 30.4 Å². The van der Waals surface area contributed by atoms with Gasteiger partial charge in [0.2, 0.25) is 0 Å². The quantitative estimate of drug-likeness (QED) is 0.523. The predicted octanol–water partition coefficient (Wildman–Crippen LogP) is 2.14. The molecule has 6 heteroatoms. The maximum Gasteiger partial charge on any atom is 0.269 e. The van der Waals surface area contributed by atoms with Gasteiger partial charge in [0.15, 0.2) is 5.78 Å². The molecule has 0 spiro atoms. The summed E-state index contributed by atoms with van der Waals surface area (Å²) in [6.45, 7) is 0. The van der Waals surface area contributed by atoms with E-state index in [1.165, 1.54) is 18.2 Å². The maximum atomic E-state index is 12.3. The molecule has 104 valence electrons. The summed E-state index contributed by atoms with van der Waals surface area (Å²) in [7, 11) is 0. The molecule has 0 fully saturated rings. The number of hydrogen-bond acceptors (Lipinski definition) is 4. The number of rotatable bonds is 4. The average Bonchev–Trinajstić information content (AvgIpc) is 2.42. The smallest absolute Gasteiger partial charge is 0.269 e. The highest BCUT2D eigenvalue weighted by atomic mass is 35.5. The van der Waals surface area contributed by atoms with Crippen LogP contribution in [0.1, 0.15) is 5.56 Å². The lowest BCUT2D eigenvalue weighted by Gasteiger charge is -2.28. The van der Waals surface area contributed by atoms with Crippen LogP contribution in [-0.4, -0.2) is 21.6 Å². The van der Waals surface area contributed by atoms with Gasteiger partial charge in [-0.25, -0.2) is 0 Å². The first-order chi connectivity index (χ1) is 9.43. The van der Waals surface area contributed by atoms with Crippen LogP contribution in [0.3, 0.4) is 0 Å². The molecule has 0 saturated carbocycles.